The standard InChI is InChI=1S/C15H27N3/c1-11(2)15-14(10-18(4)17-15)9-16-12(3)13-7-5-6-8-13/h10-13,16H,5-9H2,1-4H3. The molecule has 2 rings (SSSR count). The first kappa shape index (κ1) is 13.6. The summed E-state index contributed by atoms with van der Waals surface area (Å²) < 4.78 is 1.94. The summed E-state index contributed by atoms with van der Waals surface area (Å²) in [5.74, 6) is 1.38. The van der Waals surface area contributed by atoms with Crippen molar-refractivity contribution in [2.24, 2.45) is 13.0 Å². The van der Waals surface area contributed by atoms with Crippen LogP contribution in [-0.2, 0) is 13.6 Å². The Labute approximate surface area is 111 Å². The van der Waals surface area contributed by atoms with Crippen molar-refractivity contribution in [3.63, 3.8) is 0 Å². The molecule has 0 amide bonds. The predicted octanol–water partition coefficient (Wildman–Crippen LogP) is 3.21. The molecule has 1 aromatic rings. The van der Waals surface area contributed by atoms with E-state index in [1.165, 1.54) is 36.9 Å². The number of hydrogen-bond acceptors (Lipinski definition) is 2. The summed E-state index contributed by atoms with van der Waals surface area (Å²) in [4.78, 5) is 0. The molecule has 18 heavy (non-hydrogen) atoms. The molecule has 1 N–H and O–H groups in total. The van der Waals surface area contributed by atoms with E-state index in [2.05, 4.69) is 37.4 Å². The molecule has 1 aromatic heterocycles. The largest absolute Gasteiger partial charge is 0.310 e. The molecule has 1 unspecified atom stereocenters. The fraction of sp³-hybridized carbons (Fsp3) is 0.800. The number of rotatable bonds is 5. The first-order chi connectivity index (χ1) is 8.58. The van der Waals surface area contributed by atoms with Gasteiger partial charge in [-0.3, -0.25) is 4.68 Å². The summed E-state index contributed by atoms with van der Waals surface area (Å²) in [6, 6.07) is 0.632. The van der Waals surface area contributed by atoms with Crippen molar-refractivity contribution in [3.05, 3.63) is 17.5 Å². The fourth-order valence-electron chi connectivity index (χ4n) is 3.07. The fourth-order valence-corrected chi connectivity index (χ4v) is 3.07. The molecule has 0 spiro atoms. The number of nitrogens with one attached hydrogen (secondary N) is 1. The average Bonchev–Trinajstić information content (AvgIpc) is 2.94. The monoisotopic (exact) mass is 249 g/mol. The van der Waals surface area contributed by atoms with Crippen LogP contribution in [0.3, 0.4) is 0 Å². The summed E-state index contributed by atoms with van der Waals surface area (Å²) in [6.45, 7) is 7.72. The molecule has 0 bridgehead atoms. The van der Waals surface area contributed by atoms with Gasteiger partial charge in [-0.1, -0.05) is 26.7 Å². The predicted molar refractivity (Wildman–Crippen MR) is 75.6 cm³/mol. The van der Waals surface area contributed by atoms with Crippen molar-refractivity contribution in [1.82, 2.24) is 15.1 Å². The maximum atomic E-state index is 4.56. The molecule has 0 aliphatic heterocycles. The highest BCUT2D eigenvalue weighted by molar-refractivity contribution is 5.20. The summed E-state index contributed by atoms with van der Waals surface area (Å²) in [6.07, 6.45) is 7.79. The van der Waals surface area contributed by atoms with Gasteiger partial charge in [0.15, 0.2) is 0 Å². The Morgan fingerprint density at radius 1 is 1.33 bits per heavy atom. The van der Waals surface area contributed by atoms with Gasteiger partial charge in [-0.2, -0.15) is 5.10 Å². The van der Waals surface area contributed by atoms with Gasteiger partial charge in [0.1, 0.15) is 0 Å². The molecular formula is C15H27N3. The molecule has 3 nitrogen and oxygen atoms in total. The molecule has 1 heterocycles. The van der Waals surface area contributed by atoms with Gasteiger partial charge in [-0.25, -0.2) is 0 Å². The van der Waals surface area contributed by atoms with Crippen LogP contribution in [0, 0.1) is 5.92 Å². The quantitative estimate of drug-likeness (QED) is 0.868. The smallest absolute Gasteiger partial charge is 0.0694 e. The maximum absolute atomic E-state index is 4.56. The molecule has 102 valence electrons. The number of nitrogens with zero attached hydrogens (tertiary/aromatic N) is 2. The number of aryl methyl sites for hydroxylation is 1. The molecule has 0 saturated heterocycles. The van der Waals surface area contributed by atoms with E-state index in [1.54, 1.807) is 0 Å². The Morgan fingerprint density at radius 3 is 2.61 bits per heavy atom. The third kappa shape index (κ3) is 3.14. The van der Waals surface area contributed by atoms with Crippen LogP contribution < -0.4 is 5.32 Å². The summed E-state index contributed by atoms with van der Waals surface area (Å²) in [5, 5.41) is 8.26. The lowest BCUT2D eigenvalue weighted by Crippen LogP contribution is -2.31. The highest BCUT2D eigenvalue weighted by Crippen LogP contribution is 2.27. The van der Waals surface area contributed by atoms with Crippen LogP contribution in [0.2, 0.25) is 0 Å². The average molecular weight is 249 g/mol. The van der Waals surface area contributed by atoms with Crippen molar-refractivity contribution in [1.29, 1.82) is 0 Å². The SMILES string of the molecule is CC(C)c1nn(C)cc1CNC(C)C1CCCC1. The Hall–Kier alpha value is -0.830. The zero-order chi connectivity index (χ0) is 13.1. The van der Waals surface area contributed by atoms with Crippen LogP contribution >= 0.6 is 0 Å². The first-order valence-corrected chi connectivity index (χ1v) is 7.33. The molecule has 1 aliphatic carbocycles. The second-order valence-electron chi connectivity index (χ2n) is 6.08. The van der Waals surface area contributed by atoms with Crippen LogP contribution in [0.15, 0.2) is 6.20 Å². The minimum atomic E-state index is 0.504. The van der Waals surface area contributed by atoms with Crippen molar-refractivity contribution < 1.29 is 0 Å². The van der Waals surface area contributed by atoms with E-state index >= 15 is 0 Å². The van der Waals surface area contributed by atoms with Crippen molar-refractivity contribution in [3.8, 4) is 0 Å². The van der Waals surface area contributed by atoms with Gasteiger partial charge in [-0.05, 0) is 31.6 Å². The van der Waals surface area contributed by atoms with Gasteiger partial charge >= 0.3 is 0 Å². The highest BCUT2D eigenvalue weighted by Gasteiger charge is 2.21. The molecular weight excluding hydrogens is 222 g/mol. The number of aromatic nitrogens is 2. The topological polar surface area (TPSA) is 29.9 Å². The Morgan fingerprint density at radius 2 is 2.00 bits per heavy atom. The lowest BCUT2D eigenvalue weighted by molar-refractivity contribution is 0.380. The summed E-state index contributed by atoms with van der Waals surface area (Å²) >= 11 is 0. The molecule has 0 aromatic carbocycles. The van der Waals surface area contributed by atoms with Gasteiger partial charge in [0, 0.05) is 31.4 Å². The van der Waals surface area contributed by atoms with E-state index in [0.717, 1.165) is 12.5 Å². The Bertz CT molecular complexity index is 375. The highest BCUT2D eigenvalue weighted by atomic mass is 15.3. The first-order valence-electron chi connectivity index (χ1n) is 7.33. The minimum Gasteiger partial charge on any atom is -0.310 e. The summed E-state index contributed by atoms with van der Waals surface area (Å²) in [5.41, 5.74) is 2.60. The molecule has 3 heteroatoms. The van der Waals surface area contributed by atoms with Crippen molar-refractivity contribution >= 4 is 0 Å². The van der Waals surface area contributed by atoms with E-state index in [0.29, 0.717) is 12.0 Å². The van der Waals surface area contributed by atoms with Crippen LogP contribution in [0.1, 0.15) is 63.6 Å². The van der Waals surface area contributed by atoms with E-state index in [1.807, 2.05) is 11.7 Å². The van der Waals surface area contributed by atoms with E-state index in [-0.39, 0.29) is 0 Å². The minimum absolute atomic E-state index is 0.504. The second kappa shape index (κ2) is 5.87. The molecule has 0 radical (unpaired) electrons. The van der Waals surface area contributed by atoms with Gasteiger partial charge in [0.05, 0.1) is 5.69 Å². The molecule has 1 aliphatic rings. The number of hydrogen-bond donors (Lipinski definition) is 1. The van der Waals surface area contributed by atoms with Crippen LogP contribution in [0.5, 0.6) is 0 Å². The zero-order valence-electron chi connectivity index (χ0n) is 12.2. The third-order valence-electron chi connectivity index (χ3n) is 4.21. The van der Waals surface area contributed by atoms with Crippen LogP contribution in [0.4, 0.5) is 0 Å². The van der Waals surface area contributed by atoms with Crippen molar-refractivity contribution in [2.45, 2.75) is 65.0 Å². The zero-order valence-corrected chi connectivity index (χ0v) is 12.2. The molecule has 1 saturated carbocycles. The van der Waals surface area contributed by atoms with Gasteiger partial charge in [0.25, 0.3) is 0 Å². The van der Waals surface area contributed by atoms with Gasteiger partial charge < -0.3 is 5.32 Å². The lowest BCUT2D eigenvalue weighted by Gasteiger charge is -2.20. The Balaban J connectivity index is 1.92. The van der Waals surface area contributed by atoms with Gasteiger partial charge in [-0.15, -0.1) is 0 Å². The van der Waals surface area contributed by atoms with Crippen LogP contribution in [-0.4, -0.2) is 15.8 Å². The maximum Gasteiger partial charge on any atom is 0.0694 e. The lowest BCUT2D eigenvalue weighted by atomic mass is 9.99. The Kier molecular flexibility index (Phi) is 4.44. The molecule has 1 atom stereocenters. The van der Waals surface area contributed by atoms with E-state index in [9.17, 15) is 0 Å². The molecule has 1 fully saturated rings. The van der Waals surface area contributed by atoms with Crippen LogP contribution in [0.25, 0.3) is 0 Å². The second-order valence-corrected chi connectivity index (χ2v) is 6.08. The summed E-state index contributed by atoms with van der Waals surface area (Å²) in [7, 11) is 2.01. The third-order valence-corrected chi connectivity index (χ3v) is 4.21. The van der Waals surface area contributed by atoms with E-state index < -0.39 is 0 Å². The normalized spacial score (nSPS) is 18.7. The van der Waals surface area contributed by atoms with Gasteiger partial charge in [0.2, 0.25) is 0 Å². The van der Waals surface area contributed by atoms with Crippen molar-refractivity contribution in [2.75, 3.05) is 0 Å². The van der Waals surface area contributed by atoms with E-state index in [4.69, 9.17) is 0 Å².